The van der Waals surface area contributed by atoms with Gasteiger partial charge in [0.15, 0.2) is 5.82 Å². The van der Waals surface area contributed by atoms with Crippen LogP contribution in [-0.4, -0.2) is 19.7 Å². The van der Waals surface area contributed by atoms with Crippen molar-refractivity contribution in [2.45, 2.75) is 25.3 Å². The third-order valence-corrected chi connectivity index (χ3v) is 3.28. The minimum absolute atomic E-state index is 0.414. The summed E-state index contributed by atoms with van der Waals surface area (Å²) >= 11 is 5.96. The van der Waals surface area contributed by atoms with Crippen molar-refractivity contribution in [3.63, 3.8) is 0 Å². The molecular weight excluding hydrogens is 264 g/mol. The van der Waals surface area contributed by atoms with Crippen molar-refractivity contribution >= 4 is 22.6 Å². The van der Waals surface area contributed by atoms with Crippen molar-refractivity contribution in [3.05, 3.63) is 42.3 Å². The van der Waals surface area contributed by atoms with Crippen molar-refractivity contribution in [2.75, 3.05) is 0 Å². The summed E-state index contributed by atoms with van der Waals surface area (Å²) in [5.74, 6) is 2.05. The van der Waals surface area contributed by atoms with Crippen LogP contribution in [0.1, 0.15) is 18.1 Å². The van der Waals surface area contributed by atoms with Gasteiger partial charge in [-0.1, -0.05) is 17.3 Å². The van der Waals surface area contributed by atoms with E-state index in [1.807, 2.05) is 18.2 Å². The second-order valence-electron chi connectivity index (χ2n) is 4.25. The summed E-state index contributed by atoms with van der Waals surface area (Å²) in [6.45, 7) is 0.844. The normalized spacial score (nSPS) is 11.2. The number of hydrogen-bond acceptors (Lipinski definition) is 4. The standard InChI is InChI=1S/C13H13ClN4O/c14-8-13-16-10-4-1-2-5-11(10)18(13)7-3-6-12-15-9-19-17-12/h1-2,4-5,9H,3,6-8H2. The van der Waals surface area contributed by atoms with E-state index < -0.39 is 0 Å². The number of imidazole rings is 1. The lowest BCUT2D eigenvalue weighted by molar-refractivity contribution is 0.408. The van der Waals surface area contributed by atoms with Crippen LogP contribution < -0.4 is 0 Å². The van der Waals surface area contributed by atoms with Crippen LogP contribution in [0.2, 0.25) is 0 Å². The molecule has 0 atom stereocenters. The van der Waals surface area contributed by atoms with Crippen molar-refractivity contribution in [1.82, 2.24) is 19.7 Å². The van der Waals surface area contributed by atoms with E-state index in [-0.39, 0.29) is 0 Å². The zero-order chi connectivity index (χ0) is 13.1. The number of fused-ring (bicyclic) bond motifs is 1. The van der Waals surface area contributed by atoms with Crippen LogP contribution >= 0.6 is 11.6 Å². The number of aryl methyl sites for hydroxylation is 2. The minimum atomic E-state index is 0.414. The molecule has 2 aromatic heterocycles. The van der Waals surface area contributed by atoms with Crippen LogP contribution in [0.4, 0.5) is 0 Å². The SMILES string of the molecule is ClCc1nc2ccccc2n1CCCc1ncon1. The molecule has 1 aromatic carbocycles. The van der Waals surface area contributed by atoms with E-state index in [0.717, 1.165) is 42.1 Å². The summed E-state index contributed by atoms with van der Waals surface area (Å²) in [4.78, 5) is 8.54. The Morgan fingerprint density at radius 2 is 2.16 bits per heavy atom. The molecular formula is C13H13ClN4O. The first-order valence-electron chi connectivity index (χ1n) is 6.14. The number of nitrogens with zero attached hydrogens (tertiary/aromatic N) is 4. The summed E-state index contributed by atoms with van der Waals surface area (Å²) < 4.78 is 6.87. The first kappa shape index (κ1) is 12.2. The topological polar surface area (TPSA) is 56.7 Å². The van der Waals surface area contributed by atoms with E-state index in [0.29, 0.717) is 5.88 Å². The van der Waals surface area contributed by atoms with Gasteiger partial charge in [0, 0.05) is 13.0 Å². The molecule has 0 saturated heterocycles. The van der Waals surface area contributed by atoms with Gasteiger partial charge < -0.3 is 9.09 Å². The first-order valence-corrected chi connectivity index (χ1v) is 6.67. The number of para-hydroxylation sites is 2. The predicted octanol–water partition coefficient (Wildman–Crippen LogP) is 2.79. The van der Waals surface area contributed by atoms with Gasteiger partial charge >= 0.3 is 0 Å². The molecule has 0 amide bonds. The summed E-state index contributed by atoms with van der Waals surface area (Å²) in [5.41, 5.74) is 2.10. The van der Waals surface area contributed by atoms with Crippen molar-refractivity contribution in [2.24, 2.45) is 0 Å². The van der Waals surface area contributed by atoms with Gasteiger partial charge in [-0.25, -0.2) is 4.98 Å². The molecule has 5 nitrogen and oxygen atoms in total. The lowest BCUT2D eigenvalue weighted by Gasteiger charge is -2.06. The Balaban J connectivity index is 1.79. The molecule has 2 heterocycles. The monoisotopic (exact) mass is 276 g/mol. The lowest BCUT2D eigenvalue weighted by Crippen LogP contribution is -2.04. The number of hydrogen-bond donors (Lipinski definition) is 0. The Morgan fingerprint density at radius 3 is 2.95 bits per heavy atom. The molecule has 0 aliphatic heterocycles. The van der Waals surface area contributed by atoms with Gasteiger partial charge in [0.2, 0.25) is 6.39 Å². The summed E-state index contributed by atoms with van der Waals surface area (Å²) in [7, 11) is 0. The highest BCUT2D eigenvalue weighted by atomic mass is 35.5. The Hall–Kier alpha value is -1.88. The van der Waals surface area contributed by atoms with Crippen LogP contribution in [0.15, 0.2) is 35.2 Å². The number of aromatic nitrogens is 4. The maximum Gasteiger partial charge on any atom is 0.213 e. The van der Waals surface area contributed by atoms with Gasteiger partial charge in [-0.05, 0) is 18.6 Å². The van der Waals surface area contributed by atoms with Crippen LogP contribution in [0, 0.1) is 0 Å². The van der Waals surface area contributed by atoms with Gasteiger partial charge in [0.1, 0.15) is 5.82 Å². The number of benzene rings is 1. The highest BCUT2D eigenvalue weighted by molar-refractivity contribution is 6.16. The second-order valence-corrected chi connectivity index (χ2v) is 4.52. The Kier molecular flexibility index (Phi) is 3.46. The molecule has 98 valence electrons. The molecule has 0 bridgehead atoms. The first-order chi connectivity index (χ1) is 9.38. The zero-order valence-electron chi connectivity index (χ0n) is 10.3. The van der Waals surface area contributed by atoms with E-state index in [4.69, 9.17) is 16.1 Å². The molecule has 6 heteroatoms. The van der Waals surface area contributed by atoms with E-state index in [1.165, 1.54) is 6.39 Å². The molecule has 19 heavy (non-hydrogen) atoms. The van der Waals surface area contributed by atoms with Gasteiger partial charge in [-0.3, -0.25) is 0 Å². The fourth-order valence-corrected chi connectivity index (χ4v) is 2.38. The molecule has 0 aliphatic carbocycles. The predicted molar refractivity (Wildman–Crippen MR) is 71.9 cm³/mol. The number of alkyl halides is 1. The van der Waals surface area contributed by atoms with E-state index in [1.54, 1.807) is 0 Å². The van der Waals surface area contributed by atoms with Crippen LogP contribution in [0.25, 0.3) is 11.0 Å². The van der Waals surface area contributed by atoms with E-state index in [9.17, 15) is 0 Å². The minimum Gasteiger partial charge on any atom is -0.343 e. The number of rotatable bonds is 5. The maximum absolute atomic E-state index is 5.96. The molecule has 0 aliphatic rings. The lowest BCUT2D eigenvalue weighted by atomic mass is 10.2. The zero-order valence-corrected chi connectivity index (χ0v) is 11.0. The summed E-state index contributed by atoms with van der Waals surface area (Å²) in [6.07, 6.45) is 3.06. The molecule has 0 N–H and O–H groups in total. The smallest absolute Gasteiger partial charge is 0.213 e. The van der Waals surface area contributed by atoms with Crippen molar-refractivity contribution in [1.29, 1.82) is 0 Å². The van der Waals surface area contributed by atoms with Crippen LogP contribution in [0.5, 0.6) is 0 Å². The third kappa shape index (κ3) is 2.46. The molecule has 3 aromatic rings. The van der Waals surface area contributed by atoms with Gasteiger partial charge in [0.25, 0.3) is 0 Å². The van der Waals surface area contributed by atoms with E-state index >= 15 is 0 Å². The Bertz CT molecular complexity index is 662. The highest BCUT2D eigenvalue weighted by Crippen LogP contribution is 2.18. The highest BCUT2D eigenvalue weighted by Gasteiger charge is 2.09. The molecule has 0 spiro atoms. The molecule has 0 radical (unpaired) electrons. The largest absolute Gasteiger partial charge is 0.343 e. The Morgan fingerprint density at radius 1 is 1.26 bits per heavy atom. The Labute approximate surface area is 115 Å². The fourth-order valence-electron chi connectivity index (χ4n) is 2.17. The van der Waals surface area contributed by atoms with Crippen molar-refractivity contribution < 1.29 is 4.52 Å². The molecule has 0 saturated carbocycles. The van der Waals surface area contributed by atoms with Gasteiger partial charge in [-0.2, -0.15) is 4.98 Å². The molecule has 3 rings (SSSR count). The van der Waals surface area contributed by atoms with E-state index in [2.05, 4.69) is 25.8 Å². The quantitative estimate of drug-likeness (QED) is 0.673. The summed E-state index contributed by atoms with van der Waals surface area (Å²) in [5, 5.41) is 3.80. The average molecular weight is 277 g/mol. The van der Waals surface area contributed by atoms with Crippen LogP contribution in [0.3, 0.4) is 0 Å². The second kappa shape index (κ2) is 5.40. The number of halogens is 1. The third-order valence-electron chi connectivity index (χ3n) is 3.04. The van der Waals surface area contributed by atoms with Gasteiger partial charge in [0.05, 0.1) is 16.9 Å². The van der Waals surface area contributed by atoms with Crippen LogP contribution in [-0.2, 0) is 18.8 Å². The average Bonchev–Trinajstić information content (AvgIpc) is 3.06. The maximum atomic E-state index is 5.96. The fraction of sp³-hybridized carbons (Fsp3) is 0.308. The molecule has 0 unspecified atom stereocenters. The van der Waals surface area contributed by atoms with Gasteiger partial charge in [-0.15, -0.1) is 11.6 Å². The van der Waals surface area contributed by atoms with Crippen molar-refractivity contribution in [3.8, 4) is 0 Å². The summed E-state index contributed by atoms with van der Waals surface area (Å²) in [6, 6.07) is 8.06. The molecule has 0 fully saturated rings.